The van der Waals surface area contributed by atoms with Crippen LogP contribution in [0.1, 0.15) is 32.6 Å². The molecule has 4 aromatic carbocycles. The number of ether oxygens (including phenoxy) is 1. The first-order chi connectivity index (χ1) is 20.8. The lowest BCUT2D eigenvalue weighted by Gasteiger charge is -2.25. The van der Waals surface area contributed by atoms with Crippen LogP contribution in [0.25, 0.3) is 11.1 Å². The number of anilines is 1. The molecule has 0 heterocycles. The number of rotatable bonds is 10. The van der Waals surface area contributed by atoms with Crippen LogP contribution in [0.2, 0.25) is 0 Å². The van der Waals surface area contributed by atoms with Crippen molar-refractivity contribution in [1.29, 1.82) is 0 Å². The fourth-order valence-corrected chi connectivity index (χ4v) is 4.61. The van der Waals surface area contributed by atoms with E-state index in [1.165, 1.54) is 36.4 Å². The molecular formula is C33H26F3NO7. The summed E-state index contributed by atoms with van der Waals surface area (Å²) in [7, 11) is 0. The number of halogens is 3. The van der Waals surface area contributed by atoms with Gasteiger partial charge in [-0.25, -0.2) is 0 Å². The Labute approximate surface area is 249 Å². The Kier molecular flexibility index (Phi) is 9.17. The molecule has 3 N–H and O–H groups in total. The van der Waals surface area contributed by atoms with Gasteiger partial charge in [0.05, 0.1) is 12.0 Å². The molecule has 0 aliphatic heterocycles. The Bertz CT molecular complexity index is 1690. The molecule has 8 nitrogen and oxygen atoms in total. The van der Waals surface area contributed by atoms with Crippen molar-refractivity contribution in [3.05, 3.63) is 125 Å². The van der Waals surface area contributed by atoms with E-state index in [0.717, 1.165) is 12.1 Å². The molecule has 1 amide bonds. The Balaban J connectivity index is 1.46. The number of carbonyl (C=O) groups excluding carboxylic acids is 2. The van der Waals surface area contributed by atoms with Crippen molar-refractivity contribution < 1.29 is 47.3 Å². The van der Waals surface area contributed by atoms with E-state index in [2.05, 4.69) is 5.32 Å². The largest absolute Gasteiger partial charge is 0.480 e. The molecule has 0 saturated heterocycles. The molecule has 0 fully saturated rings. The molecule has 0 saturated carbocycles. The van der Waals surface area contributed by atoms with E-state index in [-0.39, 0.29) is 17.5 Å². The molecule has 4 aromatic rings. The fraction of sp³-hybridized carbons (Fsp3) is 0.152. The Morgan fingerprint density at radius 2 is 1.39 bits per heavy atom. The van der Waals surface area contributed by atoms with Crippen LogP contribution in [0.3, 0.4) is 0 Å². The summed E-state index contributed by atoms with van der Waals surface area (Å²) in [6, 6.07) is 22.9. The predicted octanol–water partition coefficient (Wildman–Crippen LogP) is 6.13. The summed E-state index contributed by atoms with van der Waals surface area (Å²) in [6.45, 7) is 0.757. The number of aliphatic carboxylic acids is 2. The number of benzene rings is 4. The normalized spacial score (nSPS) is 11.5. The van der Waals surface area contributed by atoms with Gasteiger partial charge in [-0.3, -0.25) is 19.2 Å². The molecule has 44 heavy (non-hydrogen) atoms. The fourth-order valence-electron chi connectivity index (χ4n) is 4.61. The number of carboxylic acid groups (broad SMARTS) is 2. The van der Waals surface area contributed by atoms with Crippen molar-refractivity contribution in [2.45, 2.75) is 24.9 Å². The van der Waals surface area contributed by atoms with Crippen molar-refractivity contribution in [2.75, 3.05) is 11.9 Å². The molecule has 0 bridgehead atoms. The minimum Gasteiger partial charge on any atom is -0.480 e. The van der Waals surface area contributed by atoms with Gasteiger partial charge < -0.3 is 20.3 Å². The smallest absolute Gasteiger partial charge is 0.416 e. The van der Waals surface area contributed by atoms with Crippen molar-refractivity contribution in [1.82, 2.24) is 0 Å². The summed E-state index contributed by atoms with van der Waals surface area (Å²) < 4.78 is 44.1. The maximum atomic E-state index is 13.2. The molecule has 0 aliphatic carbocycles. The second-order valence-electron chi connectivity index (χ2n) is 9.94. The highest BCUT2D eigenvalue weighted by atomic mass is 19.4. The molecular weight excluding hydrogens is 579 g/mol. The summed E-state index contributed by atoms with van der Waals surface area (Å²) in [4.78, 5) is 49.8. The number of hydrogen-bond donors (Lipinski definition) is 3. The number of nitrogens with one attached hydrogen (secondary N) is 1. The van der Waals surface area contributed by atoms with E-state index in [9.17, 15) is 42.6 Å². The number of carbonyl (C=O) groups is 4. The zero-order valence-electron chi connectivity index (χ0n) is 23.2. The standard InChI is InChI=1S/C33H26F3NO7/c1-20-17-21(18-28(38)44-19-32(30(40)41,31(42)43)23-7-3-2-4-8-23)11-16-27(20)37-29(39)26-10-6-5-9-25(26)22-12-14-24(15-13-22)33(34,35)36/h2-17H,18-19H2,1H3,(H,37,39)(H,40,41)(H,42,43). The van der Waals surface area contributed by atoms with E-state index in [1.54, 1.807) is 55.5 Å². The predicted molar refractivity (Wildman–Crippen MR) is 154 cm³/mol. The molecule has 226 valence electrons. The zero-order chi connectivity index (χ0) is 32.1. The van der Waals surface area contributed by atoms with E-state index in [1.807, 2.05) is 0 Å². The van der Waals surface area contributed by atoms with E-state index < -0.39 is 47.6 Å². The Morgan fingerprint density at radius 1 is 0.773 bits per heavy atom. The summed E-state index contributed by atoms with van der Waals surface area (Å²) >= 11 is 0. The van der Waals surface area contributed by atoms with Crippen LogP contribution in [0, 0.1) is 6.92 Å². The SMILES string of the molecule is Cc1cc(CC(=O)OCC(C(=O)O)(C(=O)O)c2ccccc2)ccc1NC(=O)c1ccccc1-c1ccc(C(F)(F)F)cc1. The van der Waals surface area contributed by atoms with E-state index in [0.29, 0.717) is 27.9 Å². The van der Waals surface area contributed by atoms with Crippen LogP contribution in [0.15, 0.2) is 97.1 Å². The van der Waals surface area contributed by atoms with E-state index >= 15 is 0 Å². The van der Waals surface area contributed by atoms with Crippen LogP contribution >= 0.6 is 0 Å². The average Bonchev–Trinajstić information content (AvgIpc) is 2.98. The van der Waals surface area contributed by atoms with Crippen molar-refractivity contribution in [2.24, 2.45) is 0 Å². The summed E-state index contributed by atoms with van der Waals surface area (Å²) in [5.74, 6) is -4.72. The lowest BCUT2D eigenvalue weighted by atomic mass is 9.81. The first-order valence-electron chi connectivity index (χ1n) is 13.2. The third-order valence-electron chi connectivity index (χ3n) is 7.03. The second-order valence-corrected chi connectivity index (χ2v) is 9.94. The van der Waals surface area contributed by atoms with Crippen LogP contribution in [0.5, 0.6) is 0 Å². The van der Waals surface area contributed by atoms with Gasteiger partial charge in [0.1, 0.15) is 6.61 Å². The number of hydrogen-bond acceptors (Lipinski definition) is 5. The van der Waals surface area contributed by atoms with Gasteiger partial charge >= 0.3 is 24.1 Å². The molecule has 0 aromatic heterocycles. The first-order valence-corrected chi connectivity index (χ1v) is 13.2. The number of esters is 1. The summed E-state index contributed by atoms with van der Waals surface area (Å²) in [6.07, 6.45) is -4.78. The molecule has 0 radical (unpaired) electrons. The molecule has 0 spiro atoms. The number of aryl methyl sites for hydroxylation is 1. The Hall–Kier alpha value is -5.45. The van der Waals surface area contributed by atoms with Crippen molar-refractivity contribution in [3.63, 3.8) is 0 Å². The van der Waals surface area contributed by atoms with Crippen LogP contribution in [-0.4, -0.2) is 40.6 Å². The molecule has 0 aliphatic rings. The topological polar surface area (TPSA) is 130 Å². The number of amides is 1. The maximum absolute atomic E-state index is 13.2. The summed E-state index contributed by atoms with van der Waals surface area (Å²) in [5.41, 5.74) is -0.797. The van der Waals surface area contributed by atoms with Crippen molar-refractivity contribution >= 4 is 29.5 Å². The molecule has 0 atom stereocenters. The van der Waals surface area contributed by atoms with Crippen molar-refractivity contribution in [3.8, 4) is 11.1 Å². The lowest BCUT2D eigenvalue weighted by molar-refractivity contribution is -0.164. The maximum Gasteiger partial charge on any atom is 0.416 e. The van der Waals surface area contributed by atoms with Gasteiger partial charge in [0, 0.05) is 11.3 Å². The minimum absolute atomic E-state index is 0.0522. The number of carboxylic acids is 2. The monoisotopic (exact) mass is 605 g/mol. The van der Waals surface area contributed by atoms with Crippen LogP contribution in [0.4, 0.5) is 18.9 Å². The van der Waals surface area contributed by atoms with E-state index in [4.69, 9.17) is 4.74 Å². The highest BCUT2D eigenvalue weighted by Crippen LogP contribution is 2.32. The van der Waals surface area contributed by atoms with Gasteiger partial charge in [-0.15, -0.1) is 0 Å². The molecule has 4 rings (SSSR count). The molecule has 0 unspecified atom stereocenters. The Morgan fingerprint density at radius 3 is 1.98 bits per heavy atom. The quantitative estimate of drug-likeness (QED) is 0.147. The van der Waals surface area contributed by atoms with Gasteiger partial charge in [0.2, 0.25) is 5.41 Å². The minimum atomic E-state index is -4.49. The van der Waals surface area contributed by atoms with Gasteiger partial charge in [-0.2, -0.15) is 13.2 Å². The van der Waals surface area contributed by atoms with Gasteiger partial charge in [-0.05, 0) is 59.0 Å². The second kappa shape index (κ2) is 12.8. The first kappa shape index (κ1) is 31.5. The third-order valence-corrected chi connectivity index (χ3v) is 7.03. The number of alkyl halides is 3. The van der Waals surface area contributed by atoms with Gasteiger partial charge in [-0.1, -0.05) is 72.8 Å². The third kappa shape index (κ3) is 6.78. The van der Waals surface area contributed by atoms with Crippen LogP contribution in [-0.2, 0) is 37.1 Å². The zero-order valence-corrected chi connectivity index (χ0v) is 23.2. The molecule has 11 heteroatoms. The highest BCUT2D eigenvalue weighted by molar-refractivity contribution is 6.09. The average molecular weight is 606 g/mol. The van der Waals surface area contributed by atoms with Gasteiger partial charge in [0.15, 0.2) is 0 Å². The van der Waals surface area contributed by atoms with Crippen LogP contribution < -0.4 is 5.32 Å². The highest BCUT2D eigenvalue weighted by Gasteiger charge is 2.50. The lowest BCUT2D eigenvalue weighted by Crippen LogP contribution is -2.48. The summed E-state index contributed by atoms with van der Waals surface area (Å²) in [5, 5.41) is 22.3. The van der Waals surface area contributed by atoms with Gasteiger partial charge in [0.25, 0.3) is 5.91 Å².